The van der Waals surface area contributed by atoms with Crippen LogP contribution in [0.15, 0.2) is 47.5 Å². The largest absolute Gasteiger partial charge is 0.373 e. The first kappa shape index (κ1) is 18.9. The van der Waals surface area contributed by atoms with Crippen LogP contribution in [0.2, 0.25) is 0 Å². The number of benzene rings is 2. The fourth-order valence-corrected chi connectivity index (χ4v) is 3.59. The van der Waals surface area contributed by atoms with Crippen molar-refractivity contribution in [2.24, 2.45) is 0 Å². The van der Waals surface area contributed by atoms with E-state index in [0.29, 0.717) is 16.8 Å². The topological polar surface area (TPSA) is 120 Å². The number of nitrogens with one attached hydrogen (secondary N) is 2. The molecule has 2 aromatic carbocycles. The van der Waals surface area contributed by atoms with Gasteiger partial charge in [-0.2, -0.15) is 14.9 Å². The van der Waals surface area contributed by atoms with Gasteiger partial charge in [-0.1, -0.05) is 23.8 Å². The van der Waals surface area contributed by atoms with Crippen molar-refractivity contribution in [1.82, 2.24) is 4.98 Å². The van der Waals surface area contributed by atoms with Crippen LogP contribution >= 0.6 is 0 Å². The molecule has 0 atom stereocenters. The first-order valence-electron chi connectivity index (χ1n) is 7.43. The number of anilines is 1. The number of nitriles is 1. The Morgan fingerprint density at radius 1 is 1.04 bits per heavy atom. The summed E-state index contributed by atoms with van der Waals surface area (Å²) in [5.74, 6) is 0. The molecule has 0 amide bonds. The zero-order chi connectivity index (χ0) is 19.3. The van der Waals surface area contributed by atoms with Crippen molar-refractivity contribution in [3.63, 3.8) is 0 Å². The number of aromatic amines is 1. The summed E-state index contributed by atoms with van der Waals surface area (Å²) in [4.78, 5) is 19.4. The van der Waals surface area contributed by atoms with Crippen LogP contribution in [0.1, 0.15) is 16.7 Å². The predicted octanol–water partition coefficient (Wildman–Crippen LogP) is 2.87. The number of H-pyrrole nitrogens is 1. The molecule has 0 spiro atoms. The van der Waals surface area contributed by atoms with Crippen LogP contribution in [0.5, 0.6) is 0 Å². The molecular formula is C18H15N3O4S. The lowest BCUT2D eigenvalue weighted by Gasteiger charge is -2.10. The molecule has 0 unspecified atom stereocenters. The minimum absolute atomic E-state index is 0.198. The van der Waals surface area contributed by atoms with E-state index in [0.717, 1.165) is 16.5 Å². The third kappa shape index (κ3) is 3.81. The second-order valence-electron chi connectivity index (χ2n) is 5.50. The van der Waals surface area contributed by atoms with E-state index in [9.17, 15) is 8.42 Å². The summed E-state index contributed by atoms with van der Waals surface area (Å²) < 4.78 is 27.6. The fourth-order valence-electron chi connectivity index (χ4n) is 2.51. The lowest BCUT2D eigenvalue weighted by atomic mass is 10.1. The Hall–Kier alpha value is -3.40. The van der Waals surface area contributed by atoms with E-state index >= 15 is 0 Å². The highest BCUT2D eigenvalue weighted by molar-refractivity contribution is 7.92. The molecule has 0 aliphatic heterocycles. The highest BCUT2D eigenvalue weighted by Crippen LogP contribution is 2.29. The average Bonchev–Trinajstić information content (AvgIpc) is 3.04. The zero-order valence-electron chi connectivity index (χ0n) is 14.0. The molecule has 0 aliphatic rings. The Morgan fingerprint density at radius 3 is 2.23 bits per heavy atom. The number of aryl methyl sites for hydroxylation is 2. The smallest absolute Gasteiger partial charge is 0.358 e. The molecule has 3 aromatic rings. The van der Waals surface area contributed by atoms with E-state index in [1.165, 1.54) is 0 Å². The molecule has 2 N–H and O–H groups in total. The van der Waals surface area contributed by atoms with Crippen LogP contribution in [-0.2, 0) is 19.6 Å². The maximum Gasteiger partial charge on any atom is 0.373 e. The van der Waals surface area contributed by atoms with Gasteiger partial charge in [0.1, 0.15) is 6.07 Å². The SMILES string of the molecule is Cc1ccc(S(=O)(=O)Nc2ccc(C)c3c(C#N)c[nH]c23)cc1.O=C=O. The Morgan fingerprint density at radius 2 is 1.65 bits per heavy atom. The van der Waals surface area contributed by atoms with Gasteiger partial charge in [-0.05, 0) is 37.6 Å². The first-order valence-corrected chi connectivity index (χ1v) is 8.92. The minimum atomic E-state index is -3.68. The lowest BCUT2D eigenvalue weighted by Crippen LogP contribution is -2.13. The van der Waals surface area contributed by atoms with Crippen molar-refractivity contribution in [3.8, 4) is 6.07 Å². The van der Waals surface area contributed by atoms with Gasteiger partial charge < -0.3 is 4.98 Å². The van der Waals surface area contributed by atoms with Gasteiger partial charge in [-0.3, -0.25) is 4.72 Å². The lowest BCUT2D eigenvalue weighted by molar-refractivity contribution is -0.191. The number of nitrogens with zero attached hydrogens (tertiary/aromatic N) is 1. The maximum atomic E-state index is 12.5. The summed E-state index contributed by atoms with van der Waals surface area (Å²) in [5, 5.41) is 9.90. The third-order valence-electron chi connectivity index (χ3n) is 3.74. The number of rotatable bonds is 3. The van der Waals surface area contributed by atoms with E-state index in [1.54, 1.807) is 42.6 Å². The number of fused-ring (bicyclic) bond motifs is 1. The first-order chi connectivity index (χ1) is 12.3. The summed E-state index contributed by atoms with van der Waals surface area (Å²) in [6.07, 6.45) is 1.83. The van der Waals surface area contributed by atoms with Crippen molar-refractivity contribution >= 4 is 32.8 Å². The molecule has 3 rings (SSSR count). The minimum Gasteiger partial charge on any atom is -0.358 e. The highest BCUT2D eigenvalue weighted by atomic mass is 32.2. The maximum absolute atomic E-state index is 12.5. The van der Waals surface area contributed by atoms with Crippen molar-refractivity contribution in [1.29, 1.82) is 5.26 Å². The van der Waals surface area contributed by atoms with Crippen LogP contribution in [0.25, 0.3) is 10.9 Å². The molecule has 26 heavy (non-hydrogen) atoms. The van der Waals surface area contributed by atoms with Crippen molar-refractivity contribution in [3.05, 3.63) is 59.3 Å². The Balaban J connectivity index is 0.000000758. The van der Waals surface area contributed by atoms with E-state index in [-0.39, 0.29) is 11.0 Å². The van der Waals surface area contributed by atoms with E-state index in [2.05, 4.69) is 15.8 Å². The normalized spacial score (nSPS) is 10.3. The summed E-state index contributed by atoms with van der Waals surface area (Å²) >= 11 is 0. The third-order valence-corrected chi connectivity index (χ3v) is 5.12. The van der Waals surface area contributed by atoms with Gasteiger partial charge in [0.15, 0.2) is 0 Å². The van der Waals surface area contributed by atoms with Gasteiger partial charge in [0, 0.05) is 11.6 Å². The molecule has 0 saturated heterocycles. The second-order valence-corrected chi connectivity index (χ2v) is 7.18. The number of hydrogen-bond acceptors (Lipinski definition) is 5. The number of aromatic nitrogens is 1. The average molecular weight is 369 g/mol. The molecule has 7 nitrogen and oxygen atoms in total. The van der Waals surface area contributed by atoms with Gasteiger partial charge in [-0.25, -0.2) is 8.42 Å². The molecule has 132 valence electrons. The van der Waals surface area contributed by atoms with Crippen molar-refractivity contribution in [2.45, 2.75) is 18.7 Å². The molecule has 0 aliphatic carbocycles. The summed E-state index contributed by atoms with van der Waals surface area (Å²) in [7, 11) is -3.68. The summed E-state index contributed by atoms with van der Waals surface area (Å²) in [6, 6.07) is 12.2. The quantitative estimate of drug-likeness (QED) is 0.735. The van der Waals surface area contributed by atoms with Gasteiger partial charge >= 0.3 is 6.15 Å². The molecule has 0 saturated carbocycles. The molecule has 0 bridgehead atoms. The van der Waals surface area contributed by atoms with Crippen LogP contribution in [0.3, 0.4) is 0 Å². The van der Waals surface area contributed by atoms with Gasteiger partial charge in [0.25, 0.3) is 10.0 Å². The highest BCUT2D eigenvalue weighted by Gasteiger charge is 2.17. The Kier molecular flexibility index (Phi) is 5.58. The second kappa shape index (κ2) is 7.66. The number of hydrogen-bond donors (Lipinski definition) is 2. The predicted molar refractivity (Wildman–Crippen MR) is 94.7 cm³/mol. The van der Waals surface area contributed by atoms with Crippen LogP contribution in [-0.4, -0.2) is 19.6 Å². The van der Waals surface area contributed by atoms with E-state index in [1.807, 2.05) is 13.8 Å². The standard InChI is InChI=1S/C17H15N3O2S.CO2/c1-11-3-6-14(7-4-11)23(21,22)20-15-8-5-12(2)16-13(9-18)10-19-17(15)16;2-1-3/h3-8,10,19-20H,1-2H3;. The molecule has 8 heteroatoms. The summed E-state index contributed by atoms with van der Waals surface area (Å²) in [6.45, 7) is 3.78. The zero-order valence-corrected chi connectivity index (χ0v) is 14.8. The molecule has 0 radical (unpaired) electrons. The Bertz CT molecular complexity index is 1120. The number of sulfonamides is 1. The molecule has 0 fully saturated rings. The number of carbonyl (C=O) groups excluding carboxylic acids is 2. The van der Waals surface area contributed by atoms with Crippen LogP contribution in [0, 0.1) is 25.2 Å². The van der Waals surface area contributed by atoms with Crippen LogP contribution in [0.4, 0.5) is 5.69 Å². The van der Waals surface area contributed by atoms with Gasteiger partial charge in [0.2, 0.25) is 0 Å². The monoisotopic (exact) mass is 369 g/mol. The van der Waals surface area contributed by atoms with Crippen LogP contribution < -0.4 is 4.72 Å². The van der Waals surface area contributed by atoms with Gasteiger partial charge in [-0.15, -0.1) is 0 Å². The molecular weight excluding hydrogens is 354 g/mol. The fraction of sp³-hybridized carbons (Fsp3) is 0.111. The Labute approximate surface area is 150 Å². The van der Waals surface area contributed by atoms with Crippen molar-refractivity contribution in [2.75, 3.05) is 4.72 Å². The molecule has 1 heterocycles. The van der Waals surface area contributed by atoms with Crippen molar-refractivity contribution < 1.29 is 18.0 Å². The van der Waals surface area contributed by atoms with Gasteiger partial charge in [0.05, 0.1) is 21.7 Å². The van der Waals surface area contributed by atoms with E-state index < -0.39 is 10.0 Å². The molecule has 1 aromatic heterocycles. The summed E-state index contributed by atoms with van der Waals surface area (Å²) in [5.41, 5.74) is 3.43. The van der Waals surface area contributed by atoms with E-state index in [4.69, 9.17) is 14.9 Å².